The lowest BCUT2D eigenvalue weighted by atomic mass is 9.98. The van der Waals surface area contributed by atoms with Crippen LogP contribution in [0.5, 0.6) is 0 Å². The van der Waals surface area contributed by atoms with Crippen molar-refractivity contribution in [3.05, 3.63) is 0 Å². The van der Waals surface area contributed by atoms with E-state index < -0.39 is 0 Å². The number of hydrogen-bond donors (Lipinski definition) is 2. The van der Waals surface area contributed by atoms with Gasteiger partial charge in [0, 0.05) is 6.04 Å². The molecule has 0 amide bonds. The molecule has 1 unspecified atom stereocenters. The van der Waals surface area contributed by atoms with Crippen LogP contribution in [-0.4, -0.2) is 19.1 Å². The molecule has 2 aliphatic carbocycles. The van der Waals surface area contributed by atoms with Crippen LogP contribution < -0.4 is 11.1 Å². The van der Waals surface area contributed by atoms with Crippen molar-refractivity contribution >= 4 is 0 Å². The lowest BCUT2D eigenvalue weighted by Gasteiger charge is -2.17. The largest absolute Gasteiger partial charge is 0.328 e. The zero-order valence-electron chi connectivity index (χ0n) is 10.8. The fourth-order valence-corrected chi connectivity index (χ4v) is 2.84. The van der Waals surface area contributed by atoms with Crippen molar-refractivity contribution in [3.8, 4) is 0 Å². The minimum atomic E-state index is 0.415. The zero-order chi connectivity index (χ0) is 11.4. The minimum absolute atomic E-state index is 0.415. The summed E-state index contributed by atoms with van der Waals surface area (Å²) in [5.74, 6) is 3.15. The number of nitrogens with one attached hydrogen (secondary N) is 1. The molecule has 2 nitrogen and oxygen atoms in total. The van der Waals surface area contributed by atoms with Gasteiger partial charge in [-0.1, -0.05) is 13.3 Å². The summed E-state index contributed by atoms with van der Waals surface area (Å²) in [6.45, 7) is 4.59. The van der Waals surface area contributed by atoms with Crippen LogP contribution >= 0.6 is 0 Å². The van der Waals surface area contributed by atoms with E-state index >= 15 is 0 Å². The molecule has 0 heterocycles. The fourth-order valence-electron chi connectivity index (χ4n) is 2.84. The quantitative estimate of drug-likeness (QED) is 0.591. The van der Waals surface area contributed by atoms with E-state index in [0.29, 0.717) is 6.04 Å². The first-order valence-corrected chi connectivity index (χ1v) is 7.27. The molecule has 1 atom stereocenters. The van der Waals surface area contributed by atoms with Gasteiger partial charge in [-0.3, -0.25) is 0 Å². The molecule has 2 fully saturated rings. The van der Waals surface area contributed by atoms with Gasteiger partial charge < -0.3 is 11.1 Å². The molecule has 0 aromatic carbocycles. The number of nitrogens with two attached hydrogens (primary N) is 1. The molecule has 0 aromatic rings. The topological polar surface area (TPSA) is 38.0 Å². The second-order valence-electron chi connectivity index (χ2n) is 5.88. The van der Waals surface area contributed by atoms with Gasteiger partial charge in [-0.05, 0) is 69.4 Å². The average molecular weight is 224 g/mol. The highest BCUT2D eigenvalue weighted by Gasteiger charge is 2.40. The van der Waals surface area contributed by atoms with Crippen LogP contribution in [0.2, 0.25) is 0 Å². The van der Waals surface area contributed by atoms with E-state index in [1.165, 1.54) is 45.1 Å². The van der Waals surface area contributed by atoms with Crippen LogP contribution in [0.1, 0.15) is 51.9 Å². The van der Waals surface area contributed by atoms with Gasteiger partial charge in [0.25, 0.3) is 0 Å². The Morgan fingerprint density at radius 2 is 1.75 bits per heavy atom. The van der Waals surface area contributed by atoms with Crippen LogP contribution in [-0.2, 0) is 0 Å². The molecule has 3 N–H and O–H groups in total. The first kappa shape index (κ1) is 12.4. The molecule has 2 heteroatoms. The maximum Gasteiger partial charge on any atom is 0.00508 e. The molecule has 16 heavy (non-hydrogen) atoms. The van der Waals surface area contributed by atoms with Crippen LogP contribution in [0.15, 0.2) is 0 Å². The molecule has 0 radical (unpaired) electrons. The van der Waals surface area contributed by atoms with Crippen LogP contribution in [0, 0.1) is 17.8 Å². The maximum absolute atomic E-state index is 6.01. The lowest BCUT2D eigenvalue weighted by molar-refractivity contribution is 0.374. The third-order valence-corrected chi connectivity index (χ3v) is 4.19. The van der Waals surface area contributed by atoms with E-state index in [2.05, 4.69) is 12.2 Å². The first-order valence-electron chi connectivity index (χ1n) is 7.27. The molecule has 0 saturated heterocycles. The van der Waals surface area contributed by atoms with Crippen LogP contribution in [0.3, 0.4) is 0 Å². The molecular formula is C14H28N2. The van der Waals surface area contributed by atoms with Crippen molar-refractivity contribution in [2.75, 3.05) is 13.1 Å². The summed E-state index contributed by atoms with van der Waals surface area (Å²) < 4.78 is 0. The summed E-state index contributed by atoms with van der Waals surface area (Å²) in [6, 6.07) is 0.415. The van der Waals surface area contributed by atoms with Crippen LogP contribution in [0.25, 0.3) is 0 Å². The van der Waals surface area contributed by atoms with Crippen molar-refractivity contribution in [1.29, 1.82) is 0 Å². The summed E-state index contributed by atoms with van der Waals surface area (Å²) in [6.07, 6.45) is 9.53. The molecule has 0 bridgehead atoms. The van der Waals surface area contributed by atoms with Crippen molar-refractivity contribution in [2.24, 2.45) is 23.5 Å². The molecular weight excluding hydrogens is 196 g/mol. The van der Waals surface area contributed by atoms with Crippen molar-refractivity contribution in [3.63, 3.8) is 0 Å². The van der Waals surface area contributed by atoms with Gasteiger partial charge in [0.2, 0.25) is 0 Å². The van der Waals surface area contributed by atoms with E-state index in [0.717, 1.165) is 30.7 Å². The fraction of sp³-hybridized carbons (Fsp3) is 1.00. The van der Waals surface area contributed by atoms with Gasteiger partial charge in [-0.15, -0.1) is 0 Å². The smallest absolute Gasteiger partial charge is 0.00508 e. The Kier molecular flexibility index (Phi) is 4.66. The Labute approximate surface area is 100 Å². The molecule has 2 aliphatic rings. The maximum atomic E-state index is 6.01. The lowest BCUT2D eigenvalue weighted by Crippen LogP contribution is -2.30. The molecule has 0 aliphatic heterocycles. The highest BCUT2D eigenvalue weighted by molar-refractivity contribution is 4.92. The predicted octanol–water partition coefficient (Wildman–Crippen LogP) is 2.53. The first-order chi connectivity index (χ1) is 7.81. The van der Waals surface area contributed by atoms with E-state index in [4.69, 9.17) is 5.73 Å². The van der Waals surface area contributed by atoms with E-state index in [9.17, 15) is 0 Å². The van der Waals surface area contributed by atoms with Gasteiger partial charge in [0.15, 0.2) is 0 Å². The Morgan fingerprint density at radius 1 is 1.12 bits per heavy atom. The van der Waals surface area contributed by atoms with E-state index in [-0.39, 0.29) is 0 Å². The highest BCUT2D eigenvalue weighted by Crippen LogP contribution is 2.48. The van der Waals surface area contributed by atoms with Crippen molar-refractivity contribution < 1.29 is 0 Å². The summed E-state index contributed by atoms with van der Waals surface area (Å²) in [4.78, 5) is 0. The van der Waals surface area contributed by atoms with Gasteiger partial charge in [-0.25, -0.2) is 0 Å². The van der Waals surface area contributed by atoms with Gasteiger partial charge in [0.1, 0.15) is 0 Å². The average Bonchev–Trinajstić information content (AvgIpc) is 3.12. The zero-order valence-corrected chi connectivity index (χ0v) is 10.8. The SMILES string of the molecule is CCCC(N)CCNCC(C1CC1)C1CC1. The molecule has 94 valence electrons. The van der Waals surface area contributed by atoms with Crippen LogP contribution in [0.4, 0.5) is 0 Å². The van der Waals surface area contributed by atoms with E-state index in [1.807, 2.05) is 0 Å². The molecule has 0 spiro atoms. The Morgan fingerprint density at radius 3 is 2.25 bits per heavy atom. The molecule has 2 saturated carbocycles. The standard InChI is InChI=1S/C14H28N2/c1-2-3-13(15)8-9-16-10-14(11-4-5-11)12-6-7-12/h11-14,16H,2-10,15H2,1H3. The highest BCUT2D eigenvalue weighted by atomic mass is 14.9. The summed E-state index contributed by atoms with van der Waals surface area (Å²) >= 11 is 0. The third-order valence-electron chi connectivity index (χ3n) is 4.19. The predicted molar refractivity (Wildman–Crippen MR) is 69.3 cm³/mol. The Balaban J connectivity index is 1.52. The molecule has 0 aromatic heterocycles. The van der Waals surface area contributed by atoms with Gasteiger partial charge in [-0.2, -0.15) is 0 Å². The third kappa shape index (κ3) is 4.06. The normalized spacial score (nSPS) is 22.7. The number of hydrogen-bond acceptors (Lipinski definition) is 2. The Hall–Kier alpha value is -0.0800. The van der Waals surface area contributed by atoms with Gasteiger partial charge in [0.05, 0.1) is 0 Å². The second kappa shape index (κ2) is 6.02. The molecule has 2 rings (SSSR count). The summed E-state index contributed by atoms with van der Waals surface area (Å²) in [7, 11) is 0. The minimum Gasteiger partial charge on any atom is -0.328 e. The summed E-state index contributed by atoms with van der Waals surface area (Å²) in [5, 5.41) is 3.64. The Bertz CT molecular complexity index is 185. The summed E-state index contributed by atoms with van der Waals surface area (Å²) in [5.41, 5.74) is 6.01. The number of rotatable bonds is 9. The monoisotopic (exact) mass is 224 g/mol. The van der Waals surface area contributed by atoms with Gasteiger partial charge >= 0.3 is 0 Å². The van der Waals surface area contributed by atoms with E-state index in [1.54, 1.807) is 0 Å². The van der Waals surface area contributed by atoms with Crippen molar-refractivity contribution in [2.45, 2.75) is 57.9 Å². The second-order valence-corrected chi connectivity index (χ2v) is 5.88. The van der Waals surface area contributed by atoms with Crippen molar-refractivity contribution in [1.82, 2.24) is 5.32 Å².